The SMILES string of the molecule is CC(C)Cn1c(=O)n(C)c(=O)c2c(-c3cccc(OCCO)c3)n(Cc3cccc4ccccc34)nc21. The Morgan fingerprint density at radius 1 is 1.00 bits per heavy atom. The summed E-state index contributed by atoms with van der Waals surface area (Å²) in [6.07, 6.45) is 0. The van der Waals surface area contributed by atoms with Gasteiger partial charge in [-0.3, -0.25) is 18.6 Å². The quantitative estimate of drug-likeness (QED) is 0.352. The fourth-order valence-corrected chi connectivity index (χ4v) is 4.79. The van der Waals surface area contributed by atoms with E-state index in [2.05, 4.69) is 24.3 Å². The van der Waals surface area contributed by atoms with Crippen LogP contribution in [0, 0.1) is 5.92 Å². The third-order valence-electron chi connectivity index (χ3n) is 6.44. The van der Waals surface area contributed by atoms with Crippen molar-refractivity contribution in [3.8, 4) is 17.0 Å². The van der Waals surface area contributed by atoms with Gasteiger partial charge in [0.1, 0.15) is 17.7 Å². The van der Waals surface area contributed by atoms with Crippen LogP contribution in [0.25, 0.3) is 33.1 Å². The van der Waals surface area contributed by atoms with Crippen molar-refractivity contribution < 1.29 is 9.84 Å². The molecule has 3 aromatic carbocycles. The van der Waals surface area contributed by atoms with Crippen LogP contribution in [-0.4, -0.2) is 37.2 Å². The molecule has 0 saturated carbocycles. The van der Waals surface area contributed by atoms with E-state index >= 15 is 0 Å². The maximum atomic E-state index is 13.5. The van der Waals surface area contributed by atoms with Crippen molar-refractivity contribution in [1.82, 2.24) is 18.9 Å². The van der Waals surface area contributed by atoms with E-state index in [-0.39, 0.29) is 30.4 Å². The summed E-state index contributed by atoms with van der Waals surface area (Å²) in [5.41, 5.74) is 2.02. The first-order valence-electron chi connectivity index (χ1n) is 12.4. The minimum Gasteiger partial charge on any atom is -0.491 e. The lowest BCUT2D eigenvalue weighted by atomic mass is 10.0. The van der Waals surface area contributed by atoms with Gasteiger partial charge in [-0.1, -0.05) is 68.4 Å². The topological polar surface area (TPSA) is 91.3 Å². The smallest absolute Gasteiger partial charge is 0.332 e. The number of fused-ring (bicyclic) bond motifs is 2. The van der Waals surface area contributed by atoms with Crippen LogP contribution < -0.4 is 16.0 Å². The molecule has 0 aliphatic heterocycles. The molecule has 0 aliphatic rings. The first kappa shape index (κ1) is 24.5. The van der Waals surface area contributed by atoms with Gasteiger partial charge in [0.05, 0.1) is 18.8 Å². The zero-order valence-electron chi connectivity index (χ0n) is 21.2. The highest BCUT2D eigenvalue weighted by atomic mass is 16.5. The predicted octanol–water partition coefficient (Wildman–Crippen LogP) is 3.79. The molecule has 0 saturated heterocycles. The number of rotatable bonds is 8. The number of aliphatic hydroxyl groups excluding tert-OH is 1. The third kappa shape index (κ3) is 4.56. The molecule has 0 atom stereocenters. The van der Waals surface area contributed by atoms with Crippen molar-refractivity contribution in [1.29, 1.82) is 0 Å². The molecule has 8 heteroatoms. The van der Waals surface area contributed by atoms with Gasteiger partial charge in [-0.15, -0.1) is 0 Å². The van der Waals surface area contributed by atoms with Crippen LogP contribution in [0.4, 0.5) is 0 Å². The van der Waals surface area contributed by atoms with E-state index in [1.807, 2.05) is 54.9 Å². The highest BCUT2D eigenvalue weighted by Crippen LogP contribution is 2.31. The summed E-state index contributed by atoms with van der Waals surface area (Å²) in [6, 6.07) is 21.7. The van der Waals surface area contributed by atoms with Gasteiger partial charge in [-0.25, -0.2) is 4.79 Å². The first-order chi connectivity index (χ1) is 17.9. The molecule has 190 valence electrons. The summed E-state index contributed by atoms with van der Waals surface area (Å²) in [7, 11) is 1.51. The molecule has 8 nitrogen and oxygen atoms in total. The average Bonchev–Trinajstić information content (AvgIpc) is 3.28. The van der Waals surface area contributed by atoms with Crippen molar-refractivity contribution in [2.75, 3.05) is 13.2 Å². The Labute approximate surface area is 214 Å². The third-order valence-corrected chi connectivity index (χ3v) is 6.44. The fraction of sp³-hybridized carbons (Fsp3) is 0.276. The number of aromatic nitrogens is 4. The van der Waals surface area contributed by atoms with Crippen molar-refractivity contribution in [3.63, 3.8) is 0 Å². The normalized spacial score (nSPS) is 11.6. The summed E-state index contributed by atoms with van der Waals surface area (Å²) in [5, 5.41) is 16.7. The Kier molecular flexibility index (Phi) is 6.67. The molecular weight excluding hydrogens is 468 g/mol. The van der Waals surface area contributed by atoms with Gasteiger partial charge in [0.25, 0.3) is 5.56 Å². The molecule has 0 aliphatic carbocycles. The van der Waals surface area contributed by atoms with Gasteiger partial charge in [0, 0.05) is 19.2 Å². The predicted molar refractivity (Wildman–Crippen MR) is 145 cm³/mol. The molecule has 5 aromatic rings. The molecule has 0 spiro atoms. The summed E-state index contributed by atoms with van der Waals surface area (Å²) in [4.78, 5) is 26.7. The second kappa shape index (κ2) is 10.1. The molecule has 0 amide bonds. The summed E-state index contributed by atoms with van der Waals surface area (Å²) in [5.74, 6) is 0.755. The molecular formula is C29H30N4O4. The largest absolute Gasteiger partial charge is 0.491 e. The second-order valence-corrected chi connectivity index (χ2v) is 9.59. The van der Waals surface area contributed by atoms with E-state index in [0.717, 1.165) is 26.5 Å². The zero-order valence-corrected chi connectivity index (χ0v) is 21.2. The Morgan fingerprint density at radius 2 is 1.76 bits per heavy atom. The minimum atomic E-state index is -0.388. The molecule has 0 unspecified atom stereocenters. The van der Waals surface area contributed by atoms with Crippen LogP contribution in [0.2, 0.25) is 0 Å². The van der Waals surface area contributed by atoms with E-state index in [1.165, 1.54) is 7.05 Å². The van der Waals surface area contributed by atoms with Crippen molar-refractivity contribution in [3.05, 3.63) is 93.1 Å². The van der Waals surface area contributed by atoms with E-state index in [9.17, 15) is 14.7 Å². The molecule has 0 radical (unpaired) electrons. The van der Waals surface area contributed by atoms with Crippen LogP contribution >= 0.6 is 0 Å². The van der Waals surface area contributed by atoms with Gasteiger partial charge >= 0.3 is 5.69 Å². The van der Waals surface area contributed by atoms with Crippen LogP contribution in [0.5, 0.6) is 5.75 Å². The van der Waals surface area contributed by atoms with Crippen molar-refractivity contribution in [2.24, 2.45) is 13.0 Å². The maximum absolute atomic E-state index is 13.5. The van der Waals surface area contributed by atoms with Gasteiger partial charge in [-0.2, -0.15) is 5.10 Å². The molecule has 1 N–H and O–H groups in total. The van der Waals surface area contributed by atoms with E-state index in [4.69, 9.17) is 9.84 Å². The Morgan fingerprint density at radius 3 is 2.54 bits per heavy atom. The fourth-order valence-electron chi connectivity index (χ4n) is 4.79. The lowest BCUT2D eigenvalue weighted by Crippen LogP contribution is -2.38. The van der Waals surface area contributed by atoms with E-state index in [0.29, 0.717) is 35.6 Å². The number of ether oxygens (including phenoxy) is 1. The molecule has 0 bridgehead atoms. The van der Waals surface area contributed by atoms with E-state index < -0.39 is 0 Å². The Hall–Kier alpha value is -4.17. The second-order valence-electron chi connectivity index (χ2n) is 9.59. The van der Waals surface area contributed by atoms with Gasteiger partial charge in [-0.05, 0) is 34.4 Å². The molecule has 2 aromatic heterocycles. The van der Waals surface area contributed by atoms with Crippen molar-refractivity contribution >= 4 is 21.8 Å². The average molecular weight is 499 g/mol. The van der Waals surface area contributed by atoms with Crippen molar-refractivity contribution in [2.45, 2.75) is 26.9 Å². The van der Waals surface area contributed by atoms with Crippen LogP contribution in [0.3, 0.4) is 0 Å². The van der Waals surface area contributed by atoms with Crippen LogP contribution in [-0.2, 0) is 20.1 Å². The Balaban J connectivity index is 1.81. The summed E-state index contributed by atoms with van der Waals surface area (Å²) >= 11 is 0. The molecule has 2 heterocycles. The summed E-state index contributed by atoms with van der Waals surface area (Å²) in [6.45, 7) is 4.96. The number of aliphatic hydroxyl groups is 1. The van der Waals surface area contributed by atoms with Crippen LogP contribution in [0.15, 0.2) is 76.3 Å². The maximum Gasteiger partial charge on any atom is 0.332 e. The Bertz CT molecular complexity index is 1710. The van der Waals surface area contributed by atoms with Gasteiger partial charge in [0.15, 0.2) is 5.65 Å². The molecule has 37 heavy (non-hydrogen) atoms. The van der Waals surface area contributed by atoms with Gasteiger partial charge < -0.3 is 9.84 Å². The number of benzene rings is 3. The summed E-state index contributed by atoms with van der Waals surface area (Å²) < 4.78 is 10.2. The first-order valence-corrected chi connectivity index (χ1v) is 12.4. The number of hydrogen-bond donors (Lipinski definition) is 1. The lowest BCUT2D eigenvalue weighted by molar-refractivity contribution is 0.201. The standard InChI is InChI=1S/C29H30N4O4/c1-19(2)17-32-27-25(28(35)31(3)29(32)36)26(21-10-7-12-23(16-21)37-15-14-34)33(30-27)18-22-11-6-9-20-8-4-5-13-24(20)22/h4-13,16,19,34H,14-15,17-18H2,1-3H3. The minimum absolute atomic E-state index is 0.103. The highest BCUT2D eigenvalue weighted by Gasteiger charge is 2.23. The monoisotopic (exact) mass is 498 g/mol. The number of nitrogens with zero attached hydrogens (tertiary/aromatic N) is 4. The molecule has 5 rings (SSSR count). The lowest BCUT2D eigenvalue weighted by Gasteiger charge is -2.12. The van der Waals surface area contributed by atoms with Crippen LogP contribution in [0.1, 0.15) is 19.4 Å². The van der Waals surface area contributed by atoms with Gasteiger partial charge in [0.2, 0.25) is 0 Å². The molecule has 0 fully saturated rings. The zero-order chi connectivity index (χ0) is 26.1. The van der Waals surface area contributed by atoms with E-state index in [1.54, 1.807) is 10.6 Å². The highest BCUT2D eigenvalue weighted by molar-refractivity contribution is 5.91. The number of hydrogen-bond acceptors (Lipinski definition) is 5.